The number of carbonyl (C=O) groups is 1. The number of aryl methyl sites for hydroxylation is 3. The molecule has 36 heavy (non-hydrogen) atoms. The zero-order chi connectivity index (χ0) is 25.4. The predicted octanol–water partition coefficient (Wildman–Crippen LogP) is 5.18. The van der Waals surface area contributed by atoms with Crippen LogP contribution >= 0.6 is 11.3 Å². The van der Waals surface area contributed by atoms with Crippen LogP contribution < -0.4 is 9.64 Å². The van der Waals surface area contributed by atoms with E-state index in [4.69, 9.17) is 14.2 Å². The topological polar surface area (TPSA) is 64.1 Å². The molecule has 3 aliphatic rings. The Hall–Kier alpha value is -2.16. The first-order valence-corrected chi connectivity index (χ1v) is 14.1. The van der Waals surface area contributed by atoms with E-state index in [2.05, 4.69) is 36.7 Å². The van der Waals surface area contributed by atoms with E-state index in [1.165, 1.54) is 9.88 Å². The number of ether oxygens (including phenoxy) is 3. The largest absolute Gasteiger partial charge is 0.481 e. The molecule has 0 atom stereocenters. The molecule has 1 aliphatic carbocycles. The van der Waals surface area contributed by atoms with Gasteiger partial charge in [-0.3, -0.25) is 4.79 Å². The van der Waals surface area contributed by atoms with Gasteiger partial charge in [0.2, 0.25) is 5.88 Å². The van der Waals surface area contributed by atoms with Gasteiger partial charge in [0.25, 0.3) is 5.91 Å². The fraction of sp³-hybridized carbons (Fsp3) is 0.643. The second-order valence-electron chi connectivity index (χ2n) is 10.4. The number of anilines is 1. The Morgan fingerprint density at radius 2 is 1.94 bits per heavy atom. The average Bonchev–Trinajstić information content (AvgIpc) is 3.40. The Kier molecular flexibility index (Phi) is 7.30. The number of rotatable bonds is 6. The summed E-state index contributed by atoms with van der Waals surface area (Å²) in [5.41, 5.74) is 5.08. The summed E-state index contributed by atoms with van der Waals surface area (Å²) in [6, 6.07) is 2.51. The van der Waals surface area contributed by atoms with E-state index in [-0.39, 0.29) is 11.7 Å². The lowest BCUT2D eigenvalue weighted by atomic mass is 9.89. The van der Waals surface area contributed by atoms with Gasteiger partial charge >= 0.3 is 0 Å². The molecule has 1 saturated heterocycles. The number of aromatic nitrogens is 1. The summed E-state index contributed by atoms with van der Waals surface area (Å²) in [5.74, 6) is 0.406. The summed E-state index contributed by atoms with van der Waals surface area (Å²) < 4.78 is 17.5. The van der Waals surface area contributed by atoms with E-state index < -0.39 is 0 Å². The second-order valence-corrected chi connectivity index (χ2v) is 11.4. The summed E-state index contributed by atoms with van der Waals surface area (Å²) in [7, 11) is 1.65. The maximum Gasteiger partial charge on any atom is 0.255 e. The zero-order valence-electron chi connectivity index (χ0n) is 22.3. The molecule has 7 nitrogen and oxygen atoms in total. The second kappa shape index (κ2) is 10.3. The van der Waals surface area contributed by atoms with Crippen LogP contribution in [-0.4, -0.2) is 61.0 Å². The van der Waals surface area contributed by atoms with Crippen molar-refractivity contribution >= 4 is 22.2 Å². The summed E-state index contributed by atoms with van der Waals surface area (Å²) in [5, 5.41) is 1.26. The molecule has 2 aromatic heterocycles. The van der Waals surface area contributed by atoms with Crippen LogP contribution in [0.15, 0.2) is 6.07 Å². The quantitative estimate of drug-likeness (QED) is 0.531. The third-order valence-corrected chi connectivity index (χ3v) is 9.47. The normalized spacial score (nSPS) is 20.0. The molecule has 4 heterocycles. The molecule has 0 unspecified atom stereocenters. The molecule has 8 heteroatoms. The Bertz CT molecular complexity index is 1110. The number of thiophene rings is 1. The van der Waals surface area contributed by atoms with Crippen LogP contribution in [0.5, 0.6) is 5.88 Å². The highest BCUT2D eigenvalue weighted by Crippen LogP contribution is 2.43. The maximum absolute atomic E-state index is 13.9. The molecule has 2 fully saturated rings. The lowest BCUT2D eigenvalue weighted by Gasteiger charge is -2.41. The van der Waals surface area contributed by atoms with Gasteiger partial charge in [-0.2, -0.15) is 0 Å². The van der Waals surface area contributed by atoms with Crippen molar-refractivity contribution in [3.8, 4) is 5.88 Å². The molecule has 5 rings (SSSR count). The van der Waals surface area contributed by atoms with Crippen LogP contribution in [0.4, 0.5) is 5.00 Å². The number of carbonyl (C=O) groups excluding carboxylic acids is 1. The molecule has 2 aromatic rings. The smallest absolute Gasteiger partial charge is 0.255 e. The average molecular weight is 514 g/mol. The Morgan fingerprint density at radius 3 is 2.61 bits per heavy atom. The number of hydrogen-bond donors (Lipinski definition) is 0. The molecule has 2 aliphatic heterocycles. The van der Waals surface area contributed by atoms with Gasteiger partial charge in [-0.15, -0.1) is 11.3 Å². The van der Waals surface area contributed by atoms with Crippen molar-refractivity contribution in [2.75, 3.05) is 38.3 Å². The standard InChI is InChI=1S/C28H39N3O4S/c1-6-31(21-9-11-28(12-10-21)34-14-15-35-28)27-20(4)24-23(36-27)8-7-13-30(26(24)32)17-22-18(2)16-19(3)29-25(22)33-5/h16,21H,6-15,17H2,1-5H3. The van der Waals surface area contributed by atoms with Gasteiger partial charge in [0.1, 0.15) is 0 Å². The number of fused-ring (bicyclic) bond motifs is 1. The highest BCUT2D eigenvalue weighted by molar-refractivity contribution is 7.16. The molecule has 1 amide bonds. The van der Waals surface area contributed by atoms with E-state index in [9.17, 15) is 4.79 Å². The summed E-state index contributed by atoms with van der Waals surface area (Å²) >= 11 is 1.83. The Morgan fingerprint density at radius 1 is 1.22 bits per heavy atom. The van der Waals surface area contributed by atoms with Crippen LogP contribution in [0, 0.1) is 20.8 Å². The third-order valence-electron chi connectivity index (χ3n) is 8.08. The van der Waals surface area contributed by atoms with Crippen LogP contribution in [0.1, 0.15) is 76.6 Å². The molecule has 0 radical (unpaired) electrons. The highest BCUT2D eigenvalue weighted by Gasteiger charge is 2.42. The number of methoxy groups -OCH3 is 1. The van der Waals surface area contributed by atoms with Gasteiger partial charge in [0.15, 0.2) is 5.79 Å². The van der Waals surface area contributed by atoms with Crippen molar-refractivity contribution in [1.82, 2.24) is 9.88 Å². The lowest BCUT2D eigenvalue weighted by Crippen LogP contribution is -2.44. The van der Waals surface area contributed by atoms with E-state index in [1.807, 2.05) is 23.2 Å². The number of amides is 1. The first-order valence-electron chi connectivity index (χ1n) is 13.3. The van der Waals surface area contributed by atoms with Crippen molar-refractivity contribution < 1.29 is 19.0 Å². The number of hydrogen-bond acceptors (Lipinski definition) is 7. The van der Waals surface area contributed by atoms with Gasteiger partial charge in [0.05, 0.1) is 37.4 Å². The zero-order valence-corrected chi connectivity index (χ0v) is 23.1. The third kappa shape index (κ3) is 4.63. The van der Waals surface area contributed by atoms with E-state index in [0.29, 0.717) is 31.7 Å². The molecule has 196 valence electrons. The lowest BCUT2D eigenvalue weighted by molar-refractivity contribution is -0.178. The summed E-state index contributed by atoms with van der Waals surface area (Å²) in [6.07, 6.45) is 5.89. The fourth-order valence-corrected chi connectivity index (χ4v) is 7.69. The molecule has 0 N–H and O–H groups in total. The molecule has 0 bridgehead atoms. The van der Waals surface area contributed by atoms with Crippen LogP contribution in [-0.2, 0) is 22.4 Å². The molecular formula is C28H39N3O4S. The SMILES string of the molecule is CCN(c1sc2c(c1C)C(=O)N(Cc1c(C)cc(C)nc1OC)CCC2)C1CCC2(CC1)OCCO2. The van der Waals surface area contributed by atoms with Crippen LogP contribution in [0.25, 0.3) is 0 Å². The molecule has 0 aromatic carbocycles. The van der Waals surface area contributed by atoms with Crippen molar-refractivity contribution in [3.63, 3.8) is 0 Å². The van der Waals surface area contributed by atoms with Gasteiger partial charge in [-0.1, -0.05) is 0 Å². The first kappa shape index (κ1) is 25.5. The minimum Gasteiger partial charge on any atom is -0.481 e. The van der Waals surface area contributed by atoms with Crippen LogP contribution in [0.3, 0.4) is 0 Å². The van der Waals surface area contributed by atoms with Crippen molar-refractivity contribution in [3.05, 3.63) is 38.9 Å². The van der Waals surface area contributed by atoms with Crippen molar-refractivity contribution in [2.24, 2.45) is 0 Å². The minimum absolute atomic E-state index is 0.135. The number of pyridine rings is 1. The Balaban J connectivity index is 1.39. The van der Waals surface area contributed by atoms with Gasteiger partial charge < -0.3 is 24.0 Å². The van der Waals surface area contributed by atoms with Crippen molar-refractivity contribution in [2.45, 2.75) is 84.6 Å². The van der Waals surface area contributed by atoms with Gasteiger partial charge in [-0.05, 0) is 70.6 Å². The summed E-state index contributed by atoms with van der Waals surface area (Å²) in [4.78, 5) is 24.2. The molecule has 1 saturated carbocycles. The predicted molar refractivity (Wildman–Crippen MR) is 142 cm³/mol. The monoisotopic (exact) mass is 513 g/mol. The maximum atomic E-state index is 13.9. The van der Waals surface area contributed by atoms with E-state index in [1.54, 1.807) is 7.11 Å². The minimum atomic E-state index is -0.349. The van der Waals surface area contributed by atoms with Gasteiger partial charge in [-0.25, -0.2) is 4.98 Å². The summed E-state index contributed by atoms with van der Waals surface area (Å²) in [6.45, 7) is 12.0. The molecular weight excluding hydrogens is 474 g/mol. The number of nitrogens with zero attached hydrogens (tertiary/aromatic N) is 3. The molecule has 1 spiro atoms. The van der Waals surface area contributed by atoms with E-state index >= 15 is 0 Å². The Labute approximate surface area is 218 Å². The van der Waals surface area contributed by atoms with Crippen molar-refractivity contribution in [1.29, 1.82) is 0 Å². The van der Waals surface area contributed by atoms with Gasteiger partial charge in [0, 0.05) is 48.1 Å². The van der Waals surface area contributed by atoms with E-state index in [0.717, 1.165) is 79.6 Å². The highest BCUT2D eigenvalue weighted by atomic mass is 32.1. The fourth-order valence-electron chi connectivity index (χ4n) is 6.22. The van der Waals surface area contributed by atoms with Crippen LogP contribution in [0.2, 0.25) is 0 Å². The first-order chi connectivity index (χ1) is 17.4.